The molecule has 0 saturated carbocycles. The Kier molecular flexibility index (Phi) is 6.08. The average Bonchev–Trinajstić information content (AvgIpc) is 3.54. The van der Waals surface area contributed by atoms with E-state index in [1.54, 1.807) is 0 Å². The standard InChI is InChI=1S/C31H33N3O4/c35-31(36-20-22-4-2-1-3-5-22)34-11-10-24-17-28(34)26-8-7-25(18-27(24)26)33-14-12-32(13-15-33)19-23-6-9-29-30(16-23)38-21-37-29/h1-9,16,18,24,28H,10-15,17,19-21H2/t24-,28-/m1/s1. The summed E-state index contributed by atoms with van der Waals surface area (Å²) in [6.45, 7) is 6.39. The van der Waals surface area contributed by atoms with Gasteiger partial charge >= 0.3 is 6.09 Å². The fourth-order valence-corrected chi connectivity index (χ4v) is 6.44. The second kappa shape index (κ2) is 9.87. The molecule has 0 N–H and O–H groups in total. The van der Waals surface area contributed by atoms with Gasteiger partial charge in [-0.2, -0.15) is 0 Å². The number of hydrogen-bond donors (Lipinski definition) is 0. The van der Waals surface area contributed by atoms with Crippen LogP contribution in [0.25, 0.3) is 0 Å². The second-order valence-electron chi connectivity index (χ2n) is 10.7. The van der Waals surface area contributed by atoms with Crippen molar-refractivity contribution in [2.24, 2.45) is 0 Å². The molecule has 7 rings (SSSR count). The normalized spacial score (nSPS) is 21.9. The van der Waals surface area contributed by atoms with Gasteiger partial charge in [-0.1, -0.05) is 42.5 Å². The molecule has 2 bridgehead atoms. The Bertz CT molecular complexity index is 1320. The predicted molar refractivity (Wildman–Crippen MR) is 145 cm³/mol. The predicted octanol–water partition coefficient (Wildman–Crippen LogP) is 5.31. The quantitative estimate of drug-likeness (QED) is 0.463. The molecular formula is C31H33N3O4. The number of carbonyl (C=O) groups is 1. The van der Waals surface area contributed by atoms with Crippen LogP contribution in [0.2, 0.25) is 0 Å². The van der Waals surface area contributed by atoms with Gasteiger partial charge in [0.15, 0.2) is 11.5 Å². The molecule has 0 unspecified atom stereocenters. The van der Waals surface area contributed by atoms with Crippen molar-refractivity contribution < 1.29 is 19.0 Å². The van der Waals surface area contributed by atoms with Gasteiger partial charge in [-0.3, -0.25) is 4.90 Å². The lowest BCUT2D eigenvalue weighted by molar-refractivity contribution is 0.0694. The zero-order valence-electron chi connectivity index (χ0n) is 21.6. The van der Waals surface area contributed by atoms with Crippen LogP contribution < -0.4 is 14.4 Å². The molecule has 3 aromatic rings. The van der Waals surface area contributed by atoms with Crippen LogP contribution in [0.4, 0.5) is 10.5 Å². The van der Waals surface area contributed by atoms with E-state index in [0.29, 0.717) is 19.3 Å². The molecule has 0 aromatic heterocycles. The van der Waals surface area contributed by atoms with E-state index in [2.05, 4.69) is 40.1 Å². The van der Waals surface area contributed by atoms with Gasteiger partial charge in [0, 0.05) is 45.0 Å². The molecule has 1 aliphatic carbocycles. The van der Waals surface area contributed by atoms with E-state index in [1.807, 2.05) is 41.3 Å². The number of amides is 1. The van der Waals surface area contributed by atoms with E-state index in [1.165, 1.54) is 22.4 Å². The topological polar surface area (TPSA) is 54.5 Å². The van der Waals surface area contributed by atoms with Crippen LogP contribution in [-0.2, 0) is 17.9 Å². The summed E-state index contributed by atoms with van der Waals surface area (Å²) < 4.78 is 16.7. The van der Waals surface area contributed by atoms with Crippen LogP contribution in [0, 0.1) is 0 Å². The third kappa shape index (κ3) is 4.45. The highest BCUT2D eigenvalue weighted by Gasteiger charge is 2.41. The zero-order chi connectivity index (χ0) is 25.5. The van der Waals surface area contributed by atoms with Gasteiger partial charge in [0.05, 0.1) is 6.04 Å². The maximum absolute atomic E-state index is 13.0. The fourth-order valence-electron chi connectivity index (χ4n) is 6.44. The van der Waals surface area contributed by atoms with E-state index < -0.39 is 0 Å². The molecule has 0 radical (unpaired) electrons. The van der Waals surface area contributed by atoms with Gasteiger partial charge in [-0.15, -0.1) is 0 Å². The number of carbonyl (C=O) groups excluding carboxylic acids is 1. The minimum atomic E-state index is -0.201. The Morgan fingerprint density at radius 2 is 1.68 bits per heavy atom. The molecule has 196 valence electrons. The first-order valence-corrected chi connectivity index (χ1v) is 13.7. The SMILES string of the molecule is O=C(OCc1ccccc1)N1CC[C@@H]2C[C@@H]1c1ccc(N3CCN(Cc4ccc5c(c4)OCO5)CC3)cc12. The first kappa shape index (κ1) is 23.4. The van der Waals surface area contributed by atoms with E-state index >= 15 is 0 Å². The van der Waals surface area contributed by atoms with Gasteiger partial charge in [0.25, 0.3) is 0 Å². The second-order valence-corrected chi connectivity index (χ2v) is 10.7. The molecule has 3 heterocycles. The van der Waals surface area contributed by atoms with Crippen molar-refractivity contribution in [1.29, 1.82) is 0 Å². The molecule has 1 amide bonds. The summed E-state index contributed by atoms with van der Waals surface area (Å²) >= 11 is 0. The minimum absolute atomic E-state index is 0.125. The molecule has 2 fully saturated rings. The molecule has 3 aliphatic heterocycles. The number of hydrogen-bond acceptors (Lipinski definition) is 6. The Balaban J connectivity index is 0.978. The molecule has 7 heteroatoms. The molecule has 2 saturated heterocycles. The van der Waals surface area contributed by atoms with Crippen molar-refractivity contribution in [2.45, 2.75) is 38.0 Å². The summed E-state index contributed by atoms with van der Waals surface area (Å²) in [5.41, 5.74) is 6.31. The summed E-state index contributed by atoms with van der Waals surface area (Å²) in [6, 6.07) is 23.2. The maximum Gasteiger partial charge on any atom is 0.410 e. The van der Waals surface area contributed by atoms with Crippen molar-refractivity contribution in [2.75, 3.05) is 44.4 Å². The minimum Gasteiger partial charge on any atom is -0.454 e. The number of ether oxygens (including phenoxy) is 3. The van der Waals surface area contributed by atoms with Crippen molar-refractivity contribution >= 4 is 11.8 Å². The Morgan fingerprint density at radius 3 is 2.55 bits per heavy atom. The zero-order valence-corrected chi connectivity index (χ0v) is 21.6. The lowest BCUT2D eigenvalue weighted by Crippen LogP contribution is -2.46. The van der Waals surface area contributed by atoms with Crippen LogP contribution in [0.1, 0.15) is 47.1 Å². The maximum atomic E-state index is 13.0. The average molecular weight is 512 g/mol. The number of fused-ring (bicyclic) bond motifs is 6. The first-order chi connectivity index (χ1) is 18.7. The third-order valence-electron chi connectivity index (χ3n) is 8.49. The number of piperazine rings is 1. The fraction of sp³-hybridized carbons (Fsp3) is 0.387. The van der Waals surface area contributed by atoms with Gasteiger partial charge in [-0.25, -0.2) is 4.79 Å². The lowest BCUT2D eigenvalue weighted by Gasteiger charge is -2.36. The summed E-state index contributed by atoms with van der Waals surface area (Å²) in [7, 11) is 0. The van der Waals surface area contributed by atoms with Crippen LogP contribution in [0.5, 0.6) is 11.5 Å². The van der Waals surface area contributed by atoms with Crippen LogP contribution in [-0.4, -0.2) is 55.4 Å². The summed E-state index contributed by atoms with van der Waals surface area (Å²) in [5, 5.41) is 0. The Hall–Kier alpha value is -3.71. The third-order valence-corrected chi connectivity index (χ3v) is 8.49. The van der Waals surface area contributed by atoms with Crippen LogP contribution in [0.15, 0.2) is 66.7 Å². The van der Waals surface area contributed by atoms with Crippen molar-refractivity contribution in [3.63, 3.8) is 0 Å². The number of nitrogens with zero attached hydrogens (tertiary/aromatic N) is 3. The van der Waals surface area contributed by atoms with E-state index in [9.17, 15) is 4.79 Å². The Labute approximate surface area is 223 Å². The highest BCUT2D eigenvalue weighted by molar-refractivity contribution is 5.70. The number of anilines is 1. The van der Waals surface area contributed by atoms with Gasteiger partial charge in [0.2, 0.25) is 6.79 Å². The van der Waals surface area contributed by atoms with E-state index in [-0.39, 0.29) is 12.1 Å². The molecule has 4 aliphatic rings. The molecule has 3 aromatic carbocycles. The smallest absolute Gasteiger partial charge is 0.410 e. The number of piperidine rings is 1. The number of rotatable bonds is 5. The highest BCUT2D eigenvalue weighted by atomic mass is 16.7. The van der Waals surface area contributed by atoms with E-state index in [4.69, 9.17) is 14.2 Å². The number of benzene rings is 3. The molecule has 38 heavy (non-hydrogen) atoms. The lowest BCUT2D eigenvalue weighted by atomic mass is 9.95. The van der Waals surface area contributed by atoms with Gasteiger partial charge < -0.3 is 24.0 Å². The van der Waals surface area contributed by atoms with Crippen molar-refractivity contribution in [3.05, 3.63) is 89.0 Å². The molecular weight excluding hydrogens is 478 g/mol. The van der Waals surface area contributed by atoms with Gasteiger partial charge in [0.1, 0.15) is 6.61 Å². The largest absolute Gasteiger partial charge is 0.454 e. The van der Waals surface area contributed by atoms with Crippen molar-refractivity contribution in [1.82, 2.24) is 9.80 Å². The molecule has 0 spiro atoms. The summed E-state index contributed by atoms with van der Waals surface area (Å²) in [4.78, 5) is 19.9. The Morgan fingerprint density at radius 1 is 0.842 bits per heavy atom. The van der Waals surface area contributed by atoms with Crippen molar-refractivity contribution in [3.8, 4) is 11.5 Å². The molecule has 2 atom stereocenters. The summed E-state index contributed by atoms with van der Waals surface area (Å²) in [6.07, 6.45) is 1.80. The van der Waals surface area contributed by atoms with Gasteiger partial charge in [-0.05, 0) is 65.3 Å². The van der Waals surface area contributed by atoms with Crippen LogP contribution >= 0.6 is 0 Å². The highest BCUT2D eigenvalue weighted by Crippen LogP contribution is 2.50. The summed E-state index contributed by atoms with van der Waals surface area (Å²) in [5.74, 6) is 2.22. The monoisotopic (exact) mass is 511 g/mol. The van der Waals surface area contributed by atoms with Crippen LogP contribution in [0.3, 0.4) is 0 Å². The van der Waals surface area contributed by atoms with E-state index in [0.717, 1.165) is 69.2 Å². The number of likely N-dealkylation sites (tertiary alicyclic amines) is 1. The first-order valence-electron chi connectivity index (χ1n) is 13.7. The molecule has 7 nitrogen and oxygen atoms in total.